The summed E-state index contributed by atoms with van der Waals surface area (Å²) in [4.78, 5) is 0. The molecule has 0 radical (unpaired) electrons. The van der Waals surface area contributed by atoms with Gasteiger partial charge in [0.15, 0.2) is 0 Å². The van der Waals surface area contributed by atoms with E-state index in [0.29, 0.717) is 6.07 Å². The van der Waals surface area contributed by atoms with Crippen LogP contribution in [-0.4, -0.2) is 5.11 Å². The van der Waals surface area contributed by atoms with Gasteiger partial charge in [0.05, 0.1) is 11.7 Å². The third-order valence-corrected chi connectivity index (χ3v) is 3.46. The van der Waals surface area contributed by atoms with E-state index in [1.54, 1.807) is 0 Å². The Morgan fingerprint density at radius 2 is 1.94 bits per heavy atom. The van der Waals surface area contributed by atoms with Crippen LogP contribution in [0.4, 0.5) is 17.6 Å². The highest BCUT2D eigenvalue weighted by Crippen LogP contribution is 2.39. The van der Waals surface area contributed by atoms with Gasteiger partial charge in [-0.3, -0.25) is 0 Å². The van der Waals surface area contributed by atoms with Gasteiger partial charge in [-0.2, -0.15) is 13.2 Å². The summed E-state index contributed by atoms with van der Waals surface area (Å²) in [5.41, 5.74) is -1.30. The average Bonchev–Trinajstić information content (AvgIpc) is 2.21. The maximum atomic E-state index is 13.1. The number of aliphatic hydroxyl groups is 1. The van der Waals surface area contributed by atoms with Gasteiger partial charge in [0, 0.05) is 0 Å². The third kappa shape index (κ3) is 2.83. The Bertz CT molecular complexity index is 423. The van der Waals surface area contributed by atoms with Crippen molar-refractivity contribution in [2.75, 3.05) is 0 Å². The first-order valence-electron chi connectivity index (χ1n) is 5.92. The van der Waals surface area contributed by atoms with Gasteiger partial charge in [0.2, 0.25) is 0 Å². The maximum absolute atomic E-state index is 13.1. The Balaban J connectivity index is 2.25. The fraction of sp³-hybridized carbons (Fsp3) is 0.538. The van der Waals surface area contributed by atoms with Crippen molar-refractivity contribution in [1.82, 2.24) is 0 Å². The molecule has 1 unspecified atom stereocenters. The zero-order valence-corrected chi connectivity index (χ0v) is 9.67. The van der Waals surface area contributed by atoms with Crippen molar-refractivity contribution in [3.8, 4) is 0 Å². The van der Waals surface area contributed by atoms with Crippen molar-refractivity contribution in [3.63, 3.8) is 0 Å². The first-order valence-corrected chi connectivity index (χ1v) is 5.92. The molecule has 18 heavy (non-hydrogen) atoms. The van der Waals surface area contributed by atoms with Gasteiger partial charge in [0.1, 0.15) is 5.82 Å². The minimum Gasteiger partial charge on any atom is -0.388 e. The van der Waals surface area contributed by atoms with Crippen LogP contribution < -0.4 is 0 Å². The second kappa shape index (κ2) is 4.88. The second-order valence-electron chi connectivity index (χ2n) is 4.78. The number of alkyl halides is 3. The van der Waals surface area contributed by atoms with Crippen molar-refractivity contribution in [2.45, 2.75) is 38.0 Å². The van der Waals surface area contributed by atoms with Crippen LogP contribution in [0.15, 0.2) is 18.2 Å². The fourth-order valence-corrected chi connectivity index (χ4v) is 2.24. The normalized spacial score (nSPS) is 18.5. The number of hydrogen-bond acceptors (Lipinski definition) is 1. The molecule has 1 N–H and O–H groups in total. The van der Waals surface area contributed by atoms with Crippen molar-refractivity contribution >= 4 is 0 Å². The molecule has 1 aromatic carbocycles. The molecule has 0 saturated heterocycles. The van der Waals surface area contributed by atoms with Gasteiger partial charge in [-0.25, -0.2) is 4.39 Å². The van der Waals surface area contributed by atoms with Crippen LogP contribution in [0.3, 0.4) is 0 Å². The lowest BCUT2D eigenvalue weighted by Gasteiger charge is -2.28. The Morgan fingerprint density at radius 1 is 1.28 bits per heavy atom. The second-order valence-corrected chi connectivity index (χ2v) is 4.78. The van der Waals surface area contributed by atoms with Gasteiger partial charge in [-0.15, -0.1) is 0 Å². The first kappa shape index (κ1) is 13.3. The zero-order chi connectivity index (χ0) is 13.3. The van der Waals surface area contributed by atoms with Crippen molar-refractivity contribution < 1.29 is 22.7 Å². The molecule has 5 heteroatoms. The summed E-state index contributed by atoms with van der Waals surface area (Å²) in [5.74, 6) is -0.505. The zero-order valence-electron chi connectivity index (χ0n) is 9.67. The summed E-state index contributed by atoms with van der Waals surface area (Å²) in [6.07, 6.45) is -2.65. The summed E-state index contributed by atoms with van der Waals surface area (Å²) in [5, 5.41) is 9.86. The lowest BCUT2D eigenvalue weighted by molar-refractivity contribution is -0.139. The van der Waals surface area contributed by atoms with E-state index in [1.807, 2.05) is 0 Å². The summed E-state index contributed by atoms with van der Waals surface area (Å²) in [6.45, 7) is 0. The molecular weight excluding hydrogens is 248 g/mol. The molecular formula is C13H14F4O. The molecule has 1 nitrogen and oxygen atoms in total. The number of aliphatic hydroxyl groups excluding tert-OH is 1. The van der Waals surface area contributed by atoms with Crippen molar-refractivity contribution in [1.29, 1.82) is 0 Å². The van der Waals surface area contributed by atoms with E-state index in [0.717, 1.165) is 31.4 Å². The monoisotopic (exact) mass is 262 g/mol. The molecule has 0 heterocycles. The third-order valence-electron chi connectivity index (χ3n) is 3.46. The maximum Gasteiger partial charge on any atom is 0.416 e. The number of hydrogen-bond donors (Lipinski definition) is 1. The van der Waals surface area contributed by atoms with Crippen LogP contribution in [0, 0.1) is 11.7 Å². The van der Waals surface area contributed by atoms with Gasteiger partial charge in [-0.05, 0) is 36.1 Å². The van der Waals surface area contributed by atoms with E-state index in [4.69, 9.17) is 0 Å². The van der Waals surface area contributed by atoms with Gasteiger partial charge in [0.25, 0.3) is 0 Å². The number of halogens is 4. The van der Waals surface area contributed by atoms with Gasteiger partial charge < -0.3 is 5.11 Å². The van der Waals surface area contributed by atoms with Crippen LogP contribution in [0.5, 0.6) is 0 Å². The summed E-state index contributed by atoms with van der Waals surface area (Å²) < 4.78 is 51.3. The van der Waals surface area contributed by atoms with Crippen LogP contribution in [0.25, 0.3) is 0 Å². The van der Waals surface area contributed by atoms with E-state index in [2.05, 4.69) is 0 Å². The fourth-order valence-electron chi connectivity index (χ4n) is 2.24. The number of benzene rings is 1. The van der Waals surface area contributed by atoms with E-state index < -0.39 is 23.7 Å². The highest BCUT2D eigenvalue weighted by Gasteiger charge is 2.36. The van der Waals surface area contributed by atoms with E-state index in [9.17, 15) is 22.7 Å². The lowest BCUT2D eigenvalue weighted by Crippen LogP contribution is -2.18. The average molecular weight is 262 g/mol. The highest BCUT2D eigenvalue weighted by atomic mass is 19.4. The topological polar surface area (TPSA) is 20.2 Å². The molecule has 1 fully saturated rings. The van der Waals surface area contributed by atoms with E-state index >= 15 is 0 Å². The van der Waals surface area contributed by atoms with Crippen LogP contribution in [-0.2, 0) is 6.18 Å². The van der Waals surface area contributed by atoms with Crippen molar-refractivity contribution in [3.05, 3.63) is 35.1 Å². The van der Waals surface area contributed by atoms with Crippen LogP contribution in [0.1, 0.15) is 42.9 Å². The molecule has 2 rings (SSSR count). The predicted molar refractivity (Wildman–Crippen MR) is 58.3 cm³/mol. The highest BCUT2D eigenvalue weighted by molar-refractivity contribution is 5.32. The van der Waals surface area contributed by atoms with Gasteiger partial charge >= 0.3 is 6.18 Å². The quantitative estimate of drug-likeness (QED) is 0.814. The number of rotatable bonds is 3. The molecule has 1 atom stereocenters. The molecule has 1 aliphatic rings. The molecule has 1 aliphatic carbocycles. The molecule has 0 aromatic heterocycles. The standard InChI is InChI=1S/C13H14F4O/c14-9-4-5-11(13(15,16)17)10(7-9)12(18)6-8-2-1-3-8/h4-5,7-8,12,18H,1-3,6H2. The minimum atomic E-state index is -4.57. The molecule has 0 aliphatic heterocycles. The first-order chi connectivity index (χ1) is 8.38. The van der Waals surface area contributed by atoms with Crippen molar-refractivity contribution in [2.24, 2.45) is 5.92 Å². The SMILES string of the molecule is OC(CC1CCC1)c1cc(F)ccc1C(F)(F)F. The van der Waals surface area contributed by atoms with Crippen LogP contribution >= 0.6 is 0 Å². The lowest BCUT2D eigenvalue weighted by atomic mass is 9.80. The van der Waals surface area contributed by atoms with Gasteiger partial charge in [-0.1, -0.05) is 19.3 Å². The summed E-state index contributed by atoms with van der Waals surface area (Å²) in [6, 6.07) is 2.24. The molecule has 0 spiro atoms. The molecule has 1 aromatic rings. The Morgan fingerprint density at radius 3 is 2.44 bits per heavy atom. The van der Waals surface area contributed by atoms with E-state index in [1.165, 1.54) is 0 Å². The van der Waals surface area contributed by atoms with E-state index in [-0.39, 0.29) is 17.9 Å². The van der Waals surface area contributed by atoms with Crippen LogP contribution in [0.2, 0.25) is 0 Å². The Labute approximate surface area is 102 Å². The summed E-state index contributed by atoms with van der Waals surface area (Å²) in [7, 11) is 0. The molecule has 0 amide bonds. The smallest absolute Gasteiger partial charge is 0.388 e. The Hall–Kier alpha value is -1.10. The molecule has 100 valence electrons. The molecule has 0 bridgehead atoms. The Kier molecular flexibility index (Phi) is 3.61. The molecule has 1 saturated carbocycles. The predicted octanol–water partition coefficient (Wildman–Crippen LogP) is 4.07. The summed E-state index contributed by atoms with van der Waals surface area (Å²) >= 11 is 0. The largest absolute Gasteiger partial charge is 0.416 e. The minimum absolute atomic E-state index is 0.254.